The lowest BCUT2D eigenvalue weighted by Crippen LogP contribution is -1.96. The molecule has 1 aromatic heterocycles. The van der Waals surface area contributed by atoms with Crippen LogP contribution in [-0.2, 0) is 11.3 Å². The average molecular weight is 255 g/mol. The molecule has 0 amide bonds. The first-order valence-corrected chi connectivity index (χ1v) is 5.27. The van der Waals surface area contributed by atoms with Crippen molar-refractivity contribution in [1.29, 1.82) is 0 Å². The monoisotopic (exact) mass is 255 g/mol. The first kappa shape index (κ1) is 12.4. The van der Waals surface area contributed by atoms with Crippen molar-refractivity contribution in [2.24, 2.45) is 0 Å². The molecule has 96 valence electrons. The molecular weight excluding hydrogens is 244 g/mol. The zero-order valence-electron chi connectivity index (χ0n) is 9.61. The molecule has 2 rings (SSSR count). The van der Waals surface area contributed by atoms with E-state index < -0.39 is 11.6 Å². The summed E-state index contributed by atoms with van der Waals surface area (Å²) in [4.78, 5) is 3.85. The van der Waals surface area contributed by atoms with Crippen LogP contribution in [0.3, 0.4) is 0 Å². The van der Waals surface area contributed by atoms with Crippen LogP contribution >= 0.6 is 0 Å². The van der Waals surface area contributed by atoms with Crippen molar-refractivity contribution in [3.8, 4) is 11.5 Å². The number of hydrogen-bond donors (Lipinski definition) is 1. The number of aromatic nitrogens is 2. The molecule has 0 aliphatic heterocycles. The molecule has 2 N–H and O–H groups in total. The molecule has 1 heterocycles. The van der Waals surface area contributed by atoms with Gasteiger partial charge in [-0.3, -0.25) is 0 Å². The third-order valence-corrected chi connectivity index (χ3v) is 2.18. The molecule has 2 aromatic rings. The van der Waals surface area contributed by atoms with Crippen LogP contribution < -0.4 is 5.73 Å². The summed E-state index contributed by atoms with van der Waals surface area (Å²) in [6.45, 7) is 2.41. The number of nitrogens with zero attached hydrogens (tertiary/aromatic N) is 2. The Morgan fingerprint density at radius 1 is 1.33 bits per heavy atom. The van der Waals surface area contributed by atoms with Crippen LogP contribution in [0.4, 0.5) is 14.5 Å². The quantitative estimate of drug-likeness (QED) is 0.847. The number of rotatable bonds is 4. The Bertz CT molecular complexity index is 534. The second kappa shape index (κ2) is 5.09. The minimum atomic E-state index is -0.848. The summed E-state index contributed by atoms with van der Waals surface area (Å²) in [5, 5.41) is 3.56. The summed E-state index contributed by atoms with van der Waals surface area (Å²) in [6, 6.07) is 1.98. The Morgan fingerprint density at radius 3 is 2.61 bits per heavy atom. The summed E-state index contributed by atoms with van der Waals surface area (Å²) in [5.74, 6) is -1.71. The fourth-order valence-corrected chi connectivity index (χ4v) is 1.40. The largest absolute Gasteiger partial charge is 0.399 e. The maximum atomic E-state index is 13.6. The minimum absolute atomic E-state index is 0.0113. The van der Waals surface area contributed by atoms with Gasteiger partial charge in [0.2, 0.25) is 0 Å². The Morgan fingerprint density at radius 2 is 2.00 bits per heavy atom. The molecule has 0 bridgehead atoms. The van der Waals surface area contributed by atoms with Crippen LogP contribution in [-0.4, -0.2) is 16.7 Å². The third kappa shape index (κ3) is 2.45. The molecule has 1 aromatic carbocycles. The van der Waals surface area contributed by atoms with E-state index in [1.54, 1.807) is 6.92 Å². The van der Waals surface area contributed by atoms with Gasteiger partial charge in [-0.2, -0.15) is 4.98 Å². The number of hydrogen-bond acceptors (Lipinski definition) is 5. The molecule has 0 saturated heterocycles. The highest BCUT2D eigenvalue weighted by molar-refractivity contribution is 5.59. The van der Waals surface area contributed by atoms with Crippen LogP contribution in [0.25, 0.3) is 11.5 Å². The highest BCUT2D eigenvalue weighted by Gasteiger charge is 2.19. The molecule has 0 aliphatic carbocycles. The van der Waals surface area contributed by atoms with Gasteiger partial charge in [0.25, 0.3) is 5.89 Å². The van der Waals surface area contributed by atoms with Crippen molar-refractivity contribution in [2.75, 3.05) is 12.3 Å². The standard InChI is InChI=1S/C11H11F2N3O2/c1-2-17-5-9-15-11(18-16-9)10-7(12)3-6(14)4-8(10)13/h3-4H,2,5,14H2,1H3. The highest BCUT2D eigenvalue weighted by atomic mass is 19.1. The third-order valence-electron chi connectivity index (χ3n) is 2.18. The molecule has 0 unspecified atom stereocenters. The molecule has 0 spiro atoms. The van der Waals surface area contributed by atoms with Crippen LogP contribution in [0.1, 0.15) is 12.7 Å². The Hall–Kier alpha value is -2.02. The maximum absolute atomic E-state index is 13.6. The fraction of sp³-hybridized carbons (Fsp3) is 0.273. The second-order valence-electron chi connectivity index (χ2n) is 3.51. The zero-order chi connectivity index (χ0) is 13.1. The molecule has 18 heavy (non-hydrogen) atoms. The normalized spacial score (nSPS) is 10.8. The van der Waals surface area contributed by atoms with Crippen molar-refractivity contribution in [3.05, 3.63) is 29.6 Å². The lowest BCUT2D eigenvalue weighted by Gasteiger charge is -2.01. The molecule has 0 radical (unpaired) electrons. The molecular formula is C11H11F2N3O2. The summed E-state index contributed by atoms with van der Waals surface area (Å²) >= 11 is 0. The molecule has 7 heteroatoms. The highest BCUT2D eigenvalue weighted by Crippen LogP contribution is 2.26. The van der Waals surface area contributed by atoms with Crippen molar-refractivity contribution < 1.29 is 18.0 Å². The number of benzene rings is 1. The van der Waals surface area contributed by atoms with E-state index in [1.165, 1.54) is 0 Å². The number of nitrogen functional groups attached to an aromatic ring is 1. The van der Waals surface area contributed by atoms with Crippen LogP contribution in [0.15, 0.2) is 16.7 Å². The van der Waals surface area contributed by atoms with E-state index in [0.717, 1.165) is 12.1 Å². The van der Waals surface area contributed by atoms with Gasteiger partial charge in [-0.15, -0.1) is 0 Å². The molecule has 0 saturated carbocycles. The first-order chi connectivity index (χ1) is 8.61. The zero-order valence-corrected chi connectivity index (χ0v) is 9.61. The molecule has 0 atom stereocenters. The summed E-state index contributed by atoms with van der Waals surface area (Å²) < 4.78 is 37.0. The Balaban J connectivity index is 2.34. The van der Waals surface area contributed by atoms with E-state index in [0.29, 0.717) is 6.61 Å². The Kier molecular flexibility index (Phi) is 3.52. The summed E-state index contributed by atoms with van der Waals surface area (Å²) in [6.07, 6.45) is 0. The smallest absolute Gasteiger partial charge is 0.263 e. The number of anilines is 1. The van der Waals surface area contributed by atoms with E-state index in [4.69, 9.17) is 15.0 Å². The van der Waals surface area contributed by atoms with E-state index in [1.807, 2.05) is 0 Å². The van der Waals surface area contributed by atoms with Crippen LogP contribution in [0.5, 0.6) is 0 Å². The fourth-order valence-electron chi connectivity index (χ4n) is 1.40. The molecule has 0 fully saturated rings. The predicted octanol–water partition coefficient (Wildman–Crippen LogP) is 2.13. The summed E-state index contributed by atoms with van der Waals surface area (Å²) in [7, 11) is 0. The minimum Gasteiger partial charge on any atom is -0.399 e. The van der Waals surface area contributed by atoms with Crippen molar-refractivity contribution in [1.82, 2.24) is 10.1 Å². The molecule has 5 nitrogen and oxygen atoms in total. The van der Waals surface area contributed by atoms with Crippen molar-refractivity contribution in [2.45, 2.75) is 13.5 Å². The molecule has 0 aliphatic rings. The summed E-state index contributed by atoms with van der Waals surface area (Å²) in [5.41, 5.74) is 4.91. The van der Waals surface area contributed by atoms with E-state index in [2.05, 4.69) is 10.1 Å². The predicted molar refractivity (Wildman–Crippen MR) is 59.4 cm³/mol. The van der Waals surface area contributed by atoms with Gasteiger partial charge in [0, 0.05) is 12.3 Å². The lowest BCUT2D eigenvalue weighted by atomic mass is 10.2. The van der Waals surface area contributed by atoms with Crippen molar-refractivity contribution >= 4 is 5.69 Å². The van der Waals surface area contributed by atoms with Gasteiger partial charge in [0.05, 0.1) is 0 Å². The number of nitrogens with two attached hydrogens (primary N) is 1. The van der Waals surface area contributed by atoms with E-state index in [-0.39, 0.29) is 29.6 Å². The van der Waals surface area contributed by atoms with Gasteiger partial charge < -0.3 is 15.0 Å². The SMILES string of the molecule is CCOCc1noc(-c2c(F)cc(N)cc2F)n1. The van der Waals surface area contributed by atoms with Crippen LogP contribution in [0.2, 0.25) is 0 Å². The Labute approximate surface area is 102 Å². The van der Waals surface area contributed by atoms with Crippen LogP contribution in [0, 0.1) is 11.6 Å². The van der Waals surface area contributed by atoms with E-state index >= 15 is 0 Å². The average Bonchev–Trinajstić information content (AvgIpc) is 2.73. The lowest BCUT2D eigenvalue weighted by molar-refractivity contribution is 0.126. The van der Waals surface area contributed by atoms with Gasteiger partial charge in [0.1, 0.15) is 23.8 Å². The van der Waals surface area contributed by atoms with Crippen molar-refractivity contribution in [3.63, 3.8) is 0 Å². The van der Waals surface area contributed by atoms with E-state index in [9.17, 15) is 8.78 Å². The van der Waals surface area contributed by atoms with Gasteiger partial charge in [-0.05, 0) is 19.1 Å². The van der Waals surface area contributed by atoms with Gasteiger partial charge >= 0.3 is 0 Å². The van der Waals surface area contributed by atoms with Gasteiger partial charge in [-0.1, -0.05) is 5.16 Å². The van der Waals surface area contributed by atoms with Gasteiger partial charge in [-0.25, -0.2) is 8.78 Å². The van der Waals surface area contributed by atoms with Gasteiger partial charge in [0.15, 0.2) is 5.82 Å². The topological polar surface area (TPSA) is 74.2 Å². The second-order valence-corrected chi connectivity index (χ2v) is 3.51. The maximum Gasteiger partial charge on any atom is 0.263 e. The number of ether oxygens (including phenoxy) is 1. The number of halogens is 2. The first-order valence-electron chi connectivity index (χ1n) is 5.27.